The second-order valence-corrected chi connectivity index (χ2v) is 6.91. The van der Waals surface area contributed by atoms with Gasteiger partial charge < -0.3 is 19.3 Å². The lowest BCUT2D eigenvalue weighted by Crippen LogP contribution is -2.26. The molecule has 0 aliphatic carbocycles. The van der Waals surface area contributed by atoms with Crippen LogP contribution in [0, 0.1) is 0 Å². The first-order valence-corrected chi connectivity index (χ1v) is 9.68. The molecule has 3 heterocycles. The van der Waals surface area contributed by atoms with Crippen molar-refractivity contribution in [1.82, 2.24) is 9.97 Å². The fraction of sp³-hybridized carbons (Fsp3) is 0.364. The van der Waals surface area contributed by atoms with E-state index < -0.39 is 0 Å². The molecular formula is C22H24N2O4. The second-order valence-electron chi connectivity index (χ2n) is 6.91. The minimum Gasteiger partial charge on any atom is -0.508 e. The number of ether oxygens (including phenoxy) is 3. The van der Waals surface area contributed by atoms with Crippen LogP contribution in [-0.4, -0.2) is 41.0 Å². The maximum absolute atomic E-state index is 9.99. The molecule has 6 heteroatoms. The Kier molecular flexibility index (Phi) is 5.87. The third-order valence-corrected chi connectivity index (χ3v) is 4.79. The monoisotopic (exact) mass is 380 g/mol. The summed E-state index contributed by atoms with van der Waals surface area (Å²) in [5.41, 5.74) is 0.724. The predicted molar refractivity (Wildman–Crippen MR) is 106 cm³/mol. The third kappa shape index (κ3) is 4.70. The summed E-state index contributed by atoms with van der Waals surface area (Å²) < 4.78 is 17.4. The van der Waals surface area contributed by atoms with E-state index in [2.05, 4.69) is 9.97 Å². The summed E-state index contributed by atoms with van der Waals surface area (Å²) in [6.07, 6.45) is 7.51. The van der Waals surface area contributed by atoms with Crippen LogP contribution in [-0.2, 0) is 11.2 Å². The van der Waals surface area contributed by atoms with Gasteiger partial charge in [-0.3, -0.25) is 4.98 Å². The zero-order chi connectivity index (χ0) is 19.2. The van der Waals surface area contributed by atoms with Crippen molar-refractivity contribution in [2.45, 2.75) is 31.8 Å². The van der Waals surface area contributed by atoms with Gasteiger partial charge in [0.05, 0.1) is 18.4 Å². The van der Waals surface area contributed by atoms with E-state index in [4.69, 9.17) is 14.2 Å². The van der Waals surface area contributed by atoms with Gasteiger partial charge in [-0.1, -0.05) is 12.1 Å². The summed E-state index contributed by atoms with van der Waals surface area (Å²) in [7, 11) is 0. The van der Waals surface area contributed by atoms with Crippen molar-refractivity contribution in [2.24, 2.45) is 0 Å². The van der Waals surface area contributed by atoms with Crippen LogP contribution < -0.4 is 9.47 Å². The van der Waals surface area contributed by atoms with Gasteiger partial charge in [-0.25, -0.2) is 4.98 Å². The van der Waals surface area contributed by atoms with Crippen LogP contribution in [0.5, 0.6) is 17.4 Å². The Labute approximate surface area is 164 Å². The molecule has 1 aliphatic rings. The first-order valence-electron chi connectivity index (χ1n) is 9.68. The zero-order valence-electron chi connectivity index (χ0n) is 15.7. The van der Waals surface area contributed by atoms with E-state index in [0.29, 0.717) is 25.5 Å². The number of pyridine rings is 2. The molecule has 0 bridgehead atoms. The maximum atomic E-state index is 9.99. The lowest BCUT2D eigenvalue weighted by molar-refractivity contribution is -0.0120. The van der Waals surface area contributed by atoms with Gasteiger partial charge in [0, 0.05) is 48.3 Å². The third-order valence-electron chi connectivity index (χ3n) is 4.79. The summed E-state index contributed by atoms with van der Waals surface area (Å²) in [5, 5.41) is 12.1. The molecular weight excluding hydrogens is 356 g/mol. The smallest absolute Gasteiger partial charge is 0.217 e. The predicted octanol–water partition coefficient (Wildman–Crippen LogP) is 3.90. The van der Waals surface area contributed by atoms with E-state index in [1.54, 1.807) is 12.3 Å². The highest BCUT2D eigenvalue weighted by molar-refractivity contribution is 5.87. The minimum absolute atomic E-state index is 0.102. The standard InChI is InChI=1S/C22H24N2O4/c25-18-12-17(24-22(13-18)28-15-19-5-1-2-10-26-19)8-11-27-21-6-3-4-16-14-23-9-7-20(16)21/h3-4,6-7,9,12-14,19H,1-2,5,8,10-11,15H2,(H,24,25). The molecule has 1 unspecified atom stereocenters. The van der Waals surface area contributed by atoms with Crippen LogP contribution in [0.3, 0.4) is 0 Å². The average molecular weight is 380 g/mol. The number of hydrogen-bond acceptors (Lipinski definition) is 6. The first-order chi connectivity index (χ1) is 13.8. The Morgan fingerprint density at radius 3 is 3.00 bits per heavy atom. The number of fused-ring (bicyclic) bond motifs is 1. The Morgan fingerprint density at radius 1 is 1.14 bits per heavy atom. The summed E-state index contributed by atoms with van der Waals surface area (Å²) in [5.74, 6) is 1.37. The van der Waals surface area contributed by atoms with Crippen LogP contribution in [0.1, 0.15) is 25.0 Å². The molecule has 0 radical (unpaired) electrons. The van der Waals surface area contributed by atoms with E-state index >= 15 is 0 Å². The fourth-order valence-corrected chi connectivity index (χ4v) is 3.35. The van der Waals surface area contributed by atoms with E-state index in [1.807, 2.05) is 30.5 Å². The Balaban J connectivity index is 1.35. The van der Waals surface area contributed by atoms with E-state index in [0.717, 1.165) is 48.1 Å². The first kappa shape index (κ1) is 18.5. The Morgan fingerprint density at radius 2 is 2.11 bits per heavy atom. The average Bonchev–Trinajstić information content (AvgIpc) is 2.73. The fourth-order valence-electron chi connectivity index (χ4n) is 3.35. The molecule has 1 atom stereocenters. The van der Waals surface area contributed by atoms with Crippen molar-refractivity contribution in [2.75, 3.05) is 19.8 Å². The molecule has 2 aromatic heterocycles. The number of benzene rings is 1. The van der Waals surface area contributed by atoms with Crippen LogP contribution in [0.25, 0.3) is 10.8 Å². The van der Waals surface area contributed by atoms with Gasteiger partial charge in [-0.2, -0.15) is 0 Å². The molecule has 1 aliphatic heterocycles. The summed E-state index contributed by atoms with van der Waals surface area (Å²) >= 11 is 0. The molecule has 1 N–H and O–H groups in total. The van der Waals surface area contributed by atoms with Crippen LogP contribution in [0.2, 0.25) is 0 Å². The molecule has 0 amide bonds. The number of rotatable bonds is 7. The van der Waals surface area contributed by atoms with E-state index in [-0.39, 0.29) is 11.9 Å². The van der Waals surface area contributed by atoms with Gasteiger partial charge in [0.15, 0.2) is 0 Å². The van der Waals surface area contributed by atoms with Crippen molar-refractivity contribution in [3.8, 4) is 17.4 Å². The van der Waals surface area contributed by atoms with Crippen molar-refractivity contribution in [3.63, 3.8) is 0 Å². The molecule has 1 saturated heterocycles. The van der Waals surface area contributed by atoms with Gasteiger partial charge in [0.1, 0.15) is 18.1 Å². The molecule has 146 valence electrons. The molecule has 3 aromatic rings. The molecule has 0 spiro atoms. The number of nitrogens with zero attached hydrogens (tertiary/aromatic N) is 2. The van der Waals surface area contributed by atoms with Crippen LogP contribution in [0.15, 0.2) is 48.8 Å². The highest BCUT2D eigenvalue weighted by Gasteiger charge is 2.15. The number of aromatic nitrogens is 2. The SMILES string of the molecule is Oc1cc(CCOc2cccc3cnccc23)nc(OCC2CCCCO2)c1. The highest BCUT2D eigenvalue weighted by Crippen LogP contribution is 2.25. The highest BCUT2D eigenvalue weighted by atomic mass is 16.5. The van der Waals surface area contributed by atoms with Gasteiger partial charge in [-0.05, 0) is 31.4 Å². The maximum Gasteiger partial charge on any atom is 0.217 e. The largest absolute Gasteiger partial charge is 0.508 e. The topological polar surface area (TPSA) is 73.7 Å². The van der Waals surface area contributed by atoms with Gasteiger partial charge >= 0.3 is 0 Å². The Hall–Kier alpha value is -2.86. The zero-order valence-corrected chi connectivity index (χ0v) is 15.7. The molecule has 0 saturated carbocycles. The molecule has 4 rings (SSSR count). The summed E-state index contributed by atoms with van der Waals surface area (Å²) in [6, 6.07) is 11.0. The lowest BCUT2D eigenvalue weighted by atomic mass is 10.1. The van der Waals surface area contributed by atoms with Crippen molar-refractivity contribution < 1.29 is 19.3 Å². The minimum atomic E-state index is 0.102. The van der Waals surface area contributed by atoms with Crippen LogP contribution in [0.4, 0.5) is 0 Å². The van der Waals surface area contributed by atoms with E-state index in [9.17, 15) is 5.11 Å². The quantitative estimate of drug-likeness (QED) is 0.670. The van der Waals surface area contributed by atoms with Gasteiger partial charge in [-0.15, -0.1) is 0 Å². The normalized spacial score (nSPS) is 16.8. The summed E-state index contributed by atoms with van der Waals surface area (Å²) in [4.78, 5) is 8.62. The van der Waals surface area contributed by atoms with Gasteiger partial charge in [0.2, 0.25) is 5.88 Å². The number of hydrogen-bond donors (Lipinski definition) is 1. The second kappa shape index (κ2) is 8.89. The van der Waals surface area contributed by atoms with Crippen molar-refractivity contribution in [1.29, 1.82) is 0 Å². The molecule has 28 heavy (non-hydrogen) atoms. The lowest BCUT2D eigenvalue weighted by Gasteiger charge is -2.22. The molecule has 1 fully saturated rings. The van der Waals surface area contributed by atoms with Crippen LogP contribution >= 0.6 is 0 Å². The van der Waals surface area contributed by atoms with Crippen molar-refractivity contribution >= 4 is 10.8 Å². The van der Waals surface area contributed by atoms with E-state index in [1.165, 1.54) is 6.07 Å². The van der Waals surface area contributed by atoms with Crippen molar-refractivity contribution in [3.05, 3.63) is 54.5 Å². The molecule has 1 aromatic carbocycles. The Bertz CT molecular complexity index is 920. The molecule has 6 nitrogen and oxygen atoms in total. The summed E-state index contributed by atoms with van der Waals surface area (Å²) in [6.45, 7) is 1.69. The van der Waals surface area contributed by atoms with Gasteiger partial charge in [0.25, 0.3) is 0 Å². The number of aromatic hydroxyl groups is 1.